The summed E-state index contributed by atoms with van der Waals surface area (Å²) in [4.78, 5) is 12.8. The molecule has 0 saturated heterocycles. The van der Waals surface area contributed by atoms with E-state index in [-0.39, 0.29) is 11.5 Å². The molecule has 0 saturated carbocycles. The van der Waals surface area contributed by atoms with E-state index in [9.17, 15) is 13.2 Å². The molecule has 2 N–H and O–H groups in total. The van der Waals surface area contributed by atoms with Crippen LogP contribution in [-0.2, 0) is 23.8 Å². The third-order valence-electron chi connectivity index (χ3n) is 3.97. The standard InChI is InChI=1S/C21H27NO5S/c1-15-10-12-17(13-11-15)28(24,25)26-14-18(22)19(16-8-6-5-7-9-16)20(23)27-21(2,3)4/h5-13,18-19H,14,22H2,1-4H3. The number of rotatable bonds is 7. The molecule has 0 aliphatic rings. The highest BCUT2D eigenvalue weighted by Crippen LogP contribution is 2.24. The van der Waals surface area contributed by atoms with E-state index >= 15 is 0 Å². The van der Waals surface area contributed by atoms with E-state index in [4.69, 9.17) is 14.7 Å². The summed E-state index contributed by atoms with van der Waals surface area (Å²) < 4.78 is 35.4. The monoisotopic (exact) mass is 405 g/mol. The quantitative estimate of drug-likeness (QED) is 0.562. The van der Waals surface area contributed by atoms with Crippen LogP contribution in [0.2, 0.25) is 0 Å². The van der Waals surface area contributed by atoms with Crippen LogP contribution in [0.3, 0.4) is 0 Å². The highest BCUT2D eigenvalue weighted by Gasteiger charge is 2.33. The summed E-state index contributed by atoms with van der Waals surface area (Å²) in [6.45, 7) is 6.79. The van der Waals surface area contributed by atoms with Gasteiger partial charge in [-0.25, -0.2) is 0 Å². The Morgan fingerprint density at radius 1 is 1.04 bits per heavy atom. The van der Waals surface area contributed by atoms with Crippen molar-refractivity contribution in [3.05, 3.63) is 65.7 Å². The maximum Gasteiger partial charge on any atom is 0.315 e. The van der Waals surface area contributed by atoms with E-state index in [2.05, 4.69) is 0 Å². The molecule has 0 aliphatic carbocycles. The minimum atomic E-state index is -3.98. The number of esters is 1. The molecule has 0 heterocycles. The van der Waals surface area contributed by atoms with E-state index in [1.165, 1.54) is 12.1 Å². The van der Waals surface area contributed by atoms with Crippen LogP contribution in [0.4, 0.5) is 0 Å². The number of carbonyl (C=O) groups excluding carboxylic acids is 1. The van der Waals surface area contributed by atoms with Gasteiger partial charge in [0.05, 0.1) is 17.4 Å². The summed E-state index contributed by atoms with van der Waals surface area (Å²) in [5.41, 5.74) is 7.07. The first-order valence-electron chi connectivity index (χ1n) is 8.99. The molecule has 0 fully saturated rings. The maximum absolute atomic E-state index is 12.7. The summed E-state index contributed by atoms with van der Waals surface area (Å²) in [5, 5.41) is 0. The van der Waals surface area contributed by atoms with Gasteiger partial charge >= 0.3 is 5.97 Å². The Bertz CT molecular complexity index is 887. The second-order valence-electron chi connectivity index (χ2n) is 7.64. The first kappa shape index (κ1) is 22.1. The van der Waals surface area contributed by atoms with Crippen LogP contribution in [0.25, 0.3) is 0 Å². The number of nitrogens with two attached hydrogens (primary N) is 1. The fourth-order valence-electron chi connectivity index (χ4n) is 2.62. The molecule has 0 spiro atoms. The highest BCUT2D eigenvalue weighted by molar-refractivity contribution is 7.86. The Kier molecular flexibility index (Phi) is 6.98. The van der Waals surface area contributed by atoms with Crippen molar-refractivity contribution >= 4 is 16.1 Å². The van der Waals surface area contributed by atoms with Gasteiger partial charge in [0.1, 0.15) is 5.60 Å². The summed E-state index contributed by atoms with van der Waals surface area (Å²) in [5.74, 6) is -1.38. The minimum Gasteiger partial charge on any atom is -0.459 e. The van der Waals surface area contributed by atoms with Gasteiger partial charge in [-0.15, -0.1) is 0 Å². The average Bonchev–Trinajstić information content (AvgIpc) is 2.60. The van der Waals surface area contributed by atoms with Crippen molar-refractivity contribution in [1.29, 1.82) is 0 Å². The lowest BCUT2D eigenvalue weighted by Crippen LogP contribution is -2.41. The molecule has 2 rings (SSSR count). The Balaban J connectivity index is 2.19. The number of benzene rings is 2. The van der Waals surface area contributed by atoms with Gasteiger partial charge in [-0.3, -0.25) is 8.98 Å². The molecule has 2 aromatic carbocycles. The zero-order valence-corrected chi connectivity index (χ0v) is 17.4. The van der Waals surface area contributed by atoms with E-state index in [0.29, 0.717) is 5.56 Å². The SMILES string of the molecule is Cc1ccc(S(=O)(=O)OCC(N)C(C(=O)OC(C)(C)C)c2ccccc2)cc1. The molecule has 152 valence electrons. The van der Waals surface area contributed by atoms with Crippen LogP contribution in [0.5, 0.6) is 0 Å². The number of carbonyl (C=O) groups is 1. The van der Waals surface area contributed by atoms with E-state index in [0.717, 1.165) is 5.56 Å². The lowest BCUT2D eigenvalue weighted by atomic mass is 9.92. The first-order chi connectivity index (χ1) is 13.0. The lowest BCUT2D eigenvalue weighted by Gasteiger charge is -2.27. The number of hydrogen-bond donors (Lipinski definition) is 1. The third kappa shape index (κ3) is 6.15. The third-order valence-corrected chi connectivity index (χ3v) is 5.27. The van der Waals surface area contributed by atoms with Gasteiger partial charge in [-0.2, -0.15) is 8.42 Å². The zero-order valence-electron chi connectivity index (χ0n) is 16.6. The number of aryl methyl sites for hydroxylation is 1. The van der Waals surface area contributed by atoms with Crippen molar-refractivity contribution in [2.45, 2.75) is 50.2 Å². The summed E-state index contributed by atoms with van der Waals surface area (Å²) in [7, 11) is -3.98. The molecule has 2 aromatic rings. The molecule has 0 radical (unpaired) electrons. The summed E-state index contributed by atoms with van der Waals surface area (Å²) in [6, 6.07) is 14.3. The van der Waals surface area contributed by atoms with E-state index in [1.807, 2.05) is 13.0 Å². The summed E-state index contributed by atoms with van der Waals surface area (Å²) >= 11 is 0. The molecular formula is C21H27NO5S. The van der Waals surface area contributed by atoms with Gasteiger partial charge in [-0.05, 0) is 45.4 Å². The van der Waals surface area contributed by atoms with Gasteiger partial charge in [0.15, 0.2) is 0 Å². The molecule has 28 heavy (non-hydrogen) atoms. The maximum atomic E-state index is 12.7. The minimum absolute atomic E-state index is 0.0406. The fraction of sp³-hybridized carbons (Fsp3) is 0.381. The van der Waals surface area contributed by atoms with Crippen molar-refractivity contribution in [1.82, 2.24) is 0 Å². The Hall–Kier alpha value is -2.22. The van der Waals surface area contributed by atoms with Crippen molar-refractivity contribution < 1.29 is 22.1 Å². The van der Waals surface area contributed by atoms with Gasteiger partial charge in [0.25, 0.3) is 10.1 Å². The van der Waals surface area contributed by atoms with E-state index < -0.39 is 33.6 Å². The molecule has 6 nitrogen and oxygen atoms in total. The molecule has 7 heteroatoms. The Morgan fingerprint density at radius 2 is 1.61 bits per heavy atom. The smallest absolute Gasteiger partial charge is 0.315 e. The van der Waals surface area contributed by atoms with Crippen molar-refractivity contribution in [2.24, 2.45) is 5.73 Å². The Morgan fingerprint density at radius 3 is 2.14 bits per heavy atom. The normalized spacial score (nSPS) is 14.3. The van der Waals surface area contributed by atoms with Gasteiger partial charge in [0, 0.05) is 6.04 Å². The fourth-order valence-corrected chi connectivity index (χ4v) is 3.56. The van der Waals surface area contributed by atoms with Crippen molar-refractivity contribution in [3.63, 3.8) is 0 Å². The Labute approximate surface area is 166 Å². The average molecular weight is 406 g/mol. The lowest BCUT2D eigenvalue weighted by molar-refractivity contribution is -0.157. The van der Waals surface area contributed by atoms with Crippen LogP contribution in [0.15, 0.2) is 59.5 Å². The topological polar surface area (TPSA) is 95.7 Å². The van der Waals surface area contributed by atoms with Crippen LogP contribution in [-0.4, -0.2) is 32.6 Å². The van der Waals surface area contributed by atoms with Crippen LogP contribution in [0.1, 0.15) is 37.8 Å². The predicted octanol–water partition coefficient (Wildman–Crippen LogP) is 3.15. The number of ether oxygens (including phenoxy) is 1. The number of hydrogen-bond acceptors (Lipinski definition) is 6. The molecule has 2 unspecified atom stereocenters. The molecule has 0 amide bonds. The second-order valence-corrected chi connectivity index (χ2v) is 9.25. The predicted molar refractivity (Wildman–Crippen MR) is 107 cm³/mol. The van der Waals surface area contributed by atoms with Crippen LogP contribution < -0.4 is 5.73 Å². The second kappa shape index (κ2) is 8.86. The van der Waals surface area contributed by atoms with Crippen molar-refractivity contribution in [3.8, 4) is 0 Å². The van der Waals surface area contributed by atoms with Crippen LogP contribution in [0, 0.1) is 6.92 Å². The molecule has 0 bridgehead atoms. The molecule has 0 aliphatic heterocycles. The largest absolute Gasteiger partial charge is 0.459 e. The summed E-state index contributed by atoms with van der Waals surface area (Å²) in [6.07, 6.45) is 0. The molecule has 2 atom stereocenters. The van der Waals surface area contributed by atoms with Crippen molar-refractivity contribution in [2.75, 3.05) is 6.61 Å². The van der Waals surface area contributed by atoms with Gasteiger partial charge in [-0.1, -0.05) is 48.0 Å². The van der Waals surface area contributed by atoms with E-state index in [1.54, 1.807) is 57.2 Å². The zero-order chi connectivity index (χ0) is 20.9. The van der Waals surface area contributed by atoms with Gasteiger partial charge < -0.3 is 10.5 Å². The molecular weight excluding hydrogens is 378 g/mol. The molecule has 0 aromatic heterocycles. The first-order valence-corrected chi connectivity index (χ1v) is 10.4. The van der Waals surface area contributed by atoms with Crippen LogP contribution >= 0.6 is 0 Å². The highest BCUT2D eigenvalue weighted by atomic mass is 32.2. The van der Waals surface area contributed by atoms with Gasteiger partial charge in [0.2, 0.25) is 0 Å².